The third kappa shape index (κ3) is 11.1. The van der Waals surface area contributed by atoms with E-state index in [-0.39, 0.29) is 24.0 Å². The van der Waals surface area contributed by atoms with Crippen molar-refractivity contribution in [3.05, 3.63) is 35.9 Å². The van der Waals surface area contributed by atoms with E-state index < -0.39 is 0 Å². The molecule has 1 aromatic rings. The summed E-state index contributed by atoms with van der Waals surface area (Å²) in [6.45, 7) is 10.4. The molecule has 0 fully saturated rings. The van der Waals surface area contributed by atoms with Gasteiger partial charge in [0.25, 0.3) is 0 Å². The molecular formula is C18H32IN3OS. The van der Waals surface area contributed by atoms with Gasteiger partial charge in [-0.2, -0.15) is 11.8 Å². The molecule has 0 heterocycles. The number of nitrogens with one attached hydrogen (secondary N) is 2. The van der Waals surface area contributed by atoms with Gasteiger partial charge < -0.3 is 15.4 Å². The van der Waals surface area contributed by atoms with Crippen LogP contribution >= 0.6 is 35.7 Å². The average Bonchev–Trinajstić information content (AvgIpc) is 2.58. The molecule has 0 bridgehead atoms. The third-order valence-corrected chi connectivity index (χ3v) is 4.35. The van der Waals surface area contributed by atoms with E-state index >= 15 is 0 Å². The van der Waals surface area contributed by atoms with Crippen molar-refractivity contribution in [3.63, 3.8) is 0 Å². The second-order valence-electron chi connectivity index (χ2n) is 5.75. The second-order valence-corrected chi connectivity index (χ2v) is 7.03. The van der Waals surface area contributed by atoms with Crippen LogP contribution in [0.15, 0.2) is 35.3 Å². The fraction of sp³-hybridized carbons (Fsp3) is 0.611. The van der Waals surface area contributed by atoms with Gasteiger partial charge in [0.15, 0.2) is 5.96 Å². The first-order valence-corrected chi connectivity index (χ1v) is 9.61. The molecule has 138 valence electrons. The molecule has 2 atom stereocenters. The zero-order valence-electron chi connectivity index (χ0n) is 15.2. The Bertz CT molecular complexity index is 445. The van der Waals surface area contributed by atoms with Crippen molar-refractivity contribution in [1.29, 1.82) is 0 Å². The Morgan fingerprint density at radius 2 is 1.92 bits per heavy atom. The predicted molar refractivity (Wildman–Crippen MR) is 118 cm³/mol. The maximum Gasteiger partial charge on any atom is 0.191 e. The first-order valence-electron chi connectivity index (χ1n) is 8.32. The first kappa shape index (κ1) is 23.5. The topological polar surface area (TPSA) is 45.7 Å². The monoisotopic (exact) mass is 465 g/mol. The maximum absolute atomic E-state index is 5.78. The van der Waals surface area contributed by atoms with Crippen molar-refractivity contribution in [2.24, 2.45) is 10.9 Å². The van der Waals surface area contributed by atoms with Crippen molar-refractivity contribution in [2.75, 3.05) is 32.5 Å². The summed E-state index contributed by atoms with van der Waals surface area (Å²) >= 11 is 1.85. The van der Waals surface area contributed by atoms with Gasteiger partial charge in [0.1, 0.15) is 0 Å². The molecule has 2 N–H and O–H groups in total. The Labute approximate surface area is 168 Å². The van der Waals surface area contributed by atoms with Gasteiger partial charge in [-0.3, -0.25) is 4.99 Å². The highest BCUT2D eigenvalue weighted by molar-refractivity contribution is 14.0. The lowest BCUT2D eigenvalue weighted by atomic mass is 10.2. The molecule has 2 unspecified atom stereocenters. The molecule has 1 rings (SSSR count). The highest BCUT2D eigenvalue weighted by Crippen LogP contribution is 2.04. The van der Waals surface area contributed by atoms with Crippen molar-refractivity contribution >= 4 is 41.7 Å². The number of halogens is 1. The van der Waals surface area contributed by atoms with Crippen LogP contribution in [0, 0.1) is 5.92 Å². The van der Waals surface area contributed by atoms with E-state index in [0.29, 0.717) is 17.8 Å². The molecule has 0 aliphatic heterocycles. The van der Waals surface area contributed by atoms with Crippen LogP contribution in [0.4, 0.5) is 0 Å². The van der Waals surface area contributed by atoms with E-state index in [1.807, 2.05) is 30.0 Å². The molecule has 1 aromatic carbocycles. The Kier molecular flexibility index (Phi) is 14.5. The summed E-state index contributed by atoms with van der Waals surface area (Å²) in [7, 11) is 0. The molecule has 4 nitrogen and oxygen atoms in total. The quantitative estimate of drug-likeness (QED) is 0.314. The summed E-state index contributed by atoms with van der Waals surface area (Å²) in [5, 5.41) is 7.25. The number of hydrogen-bond donors (Lipinski definition) is 2. The molecule has 0 aromatic heterocycles. The SMILES string of the molecule is CCNC(=NCC(C)COCc1ccccc1)NCC(C)SC.I. The van der Waals surface area contributed by atoms with E-state index in [9.17, 15) is 0 Å². The lowest BCUT2D eigenvalue weighted by molar-refractivity contribution is 0.0945. The summed E-state index contributed by atoms with van der Waals surface area (Å²) in [5.41, 5.74) is 1.21. The summed E-state index contributed by atoms with van der Waals surface area (Å²) in [4.78, 5) is 4.65. The summed E-state index contributed by atoms with van der Waals surface area (Å²) in [5.74, 6) is 1.29. The molecular weight excluding hydrogens is 433 g/mol. The third-order valence-electron chi connectivity index (χ3n) is 3.38. The van der Waals surface area contributed by atoms with Crippen LogP contribution in [0.5, 0.6) is 0 Å². The van der Waals surface area contributed by atoms with E-state index in [1.165, 1.54) is 5.56 Å². The van der Waals surface area contributed by atoms with E-state index in [0.717, 1.165) is 32.2 Å². The standard InChI is InChI=1S/C18H31N3OS.HI/c1-5-19-18(21-12-16(3)23-4)20-11-15(2)13-22-14-17-9-7-6-8-10-17;/h6-10,15-16H,5,11-14H2,1-4H3,(H2,19,20,21);1H. The number of nitrogens with zero attached hydrogens (tertiary/aromatic N) is 1. The zero-order valence-corrected chi connectivity index (χ0v) is 18.4. The van der Waals surface area contributed by atoms with Gasteiger partial charge in [-0.15, -0.1) is 24.0 Å². The Balaban J connectivity index is 0.00000529. The maximum atomic E-state index is 5.78. The normalized spacial score (nSPS) is 13.8. The minimum atomic E-state index is 0. The fourth-order valence-electron chi connectivity index (χ4n) is 1.92. The van der Waals surface area contributed by atoms with Crippen LogP contribution in [0.25, 0.3) is 0 Å². The molecule has 24 heavy (non-hydrogen) atoms. The predicted octanol–water partition coefficient (Wildman–Crippen LogP) is 3.76. The van der Waals surface area contributed by atoms with Crippen LogP contribution in [-0.2, 0) is 11.3 Å². The number of hydrogen-bond acceptors (Lipinski definition) is 3. The fourth-order valence-corrected chi connectivity index (χ4v) is 2.17. The zero-order chi connectivity index (χ0) is 16.9. The van der Waals surface area contributed by atoms with Gasteiger partial charge in [-0.1, -0.05) is 44.2 Å². The van der Waals surface area contributed by atoms with Crippen molar-refractivity contribution in [3.8, 4) is 0 Å². The van der Waals surface area contributed by atoms with Crippen LogP contribution < -0.4 is 10.6 Å². The Hall–Kier alpha value is -0.470. The molecule has 0 spiro atoms. The molecule has 0 amide bonds. The van der Waals surface area contributed by atoms with Crippen LogP contribution in [0.3, 0.4) is 0 Å². The van der Waals surface area contributed by atoms with Gasteiger partial charge in [-0.25, -0.2) is 0 Å². The van der Waals surface area contributed by atoms with Gasteiger partial charge in [-0.05, 0) is 24.7 Å². The largest absolute Gasteiger partial charge is 0.376 e. The number of thioether (sulfide) groups is 1. The number of guanidine groups is 1. The highest BCUT2D eigenvalue weighted by atomic mass is 127. The van der Waals surface area contributed by atoms with Crippen molar-refractivity contribution < 1.29 is 4.74 Å². The van der Waals surface area contributed by atoms with Crippen LogP contribution in [0.2, 0.25) is 0 Å². The summed E-state index contributed by atoms with van der Waals surface area (Å²) in [6, 6.07) is 10.3. The van der Waals surface area contributed by atoms with Crippen LogP contribution in [0.1, 0.15) is 26.3 Å². The summed E-state index contributed by atoms with van der Waals surface area (Å²) in [6.07, 6.45) is 2.13. The molecule has 6 heteroatoms. The van der Waals surface area contributed by atoms with Gasteiger partial charge in [0.05, 0.1) is 13.2 Å². The molecule has 0 aliphatic carbocycles. The van der Waals surface area contributed by atoms with Gasteiger partial charge in [0.2, 0.25) is 0 Å². The summed E-state index contributed by atoms with van der Waals surface area (Å²) < 4.78 is 5.78. The molecule has 0 aliphatic rings. The minimum absolute atomic E-state index is 0. The number of ether oxygens (including phenoxy) is 1. The van der Waals surface area contributed by atoms with Crippen molar-refractivity contribution in [2.45, 2.75) is 32.6 Å². The van der Waals surface area contributed by atoms with E-state index in [1.54, 1.807) is 0 Å². The molecule has 0 saturated carbocycles. The van der Waals surface area contributed by atoms with Gasteiger partial charge >= 0.3 is 0 Å². The first-order chi connectivity index (χ1) is 11.2. The second kappa shape index (κ2) is 14.8. The minimum Gasteiger partial charge on any atom is -0.376 e. The lowest BCUT2D eigenvalue weighted by Gasteiger charge is -2.15. The van der Waals surface area contributed by atoms with Gasteiger partial charge in [0, 0.05) is 24.9 Å². The molecule has 0 radical (unpaired) electrons. The average molecular weight is 465 g/mol. The van der Waals surface area contributed by atoms with Crippen molar-refractivity contribution in [1.82, 2.24) is 10.6 Å². The van der Waals surface area contributed by atoms with E-state index in [2.05, 4.69) is 54.8 Å². The number of benzene rings is 1. The molecule has 0 saturated heterocycles. The lowest BCUT2D eigenvalue weighted by Crippen LogP contribution is -2.40. The Morgan fingerprint density at radius 1 is 1.21 bits per heavy atom. The van der Waals surface area contributed by atoms with E-state index in [4.69, 9.17) is 4.74 Å². The Morgan fingerprint density at radius 3 is 2.54 bits per heavy atom. The smallest absolute Gasteiger partial charge is 0.191 e. The number of rotatable bonds is 10. The van der Waals surface area contributed by atoms with Crippen LogP contribution in [-0.4, -0.2) is 43.7 Å². The highest BCUT2D eigenvalue weighted by Gasteiger charge is 2.05. The number of aliphatic imine (C=N–C) groups is 1.